The normalized spacial score (nSPS) is 18.3. The van der Waals surface area contributed by atoms with E-state index in [1.165, 1.54) is 0 Å². The molecule has 1 aliphatic rings. The lowest BCUT2D eigenvalue weighted by Gasteiger charge is -2.39. The Kier molecular flexibility index (Phi) is 6.47. The second-order valence-electron chi connectivity index (χ2n) is 7.82. The van der Waals surface area contributed by atoms with E-state index in [1.807, 2.05) is 59.5 Å². The van der Waals surface area contributed by atoms with Gasteiger partial charge in [0.25, 0.3) is 0 Å². The Morgan fingerprint density at radius 2 is 1.86 bits per heavy atom. The zero-order valence-corrected chi connectivity index (χ0v) is 18.1. The Hall–Kier alpha value is -2.54. The molecule has 2 aromatic carbocycles. The minimum absolute atomic E-state index is 0.142. The zero-order valence-electron chi connectivity index (χ0n) is 17.3. The monoisotopic (exact) mass is 415 g/mol. The molecule has 0 saturated carbocycles. The van der Waals surface area contributed by atoms with Gasteiger partial charge in [0.15, 0.2) is 15.8 Å². The molecule has 1 N–H and O–H groups in total. The Morgan fingerprint density at radius 1 is 1.14 bits per heavy atom. The van der Waals surface area contributed by atoms with Crippen LogP contribution in [0.25, 0.3) is 0 Å². The van der Waals surface area contributed by atoms with Gasteiger partial charge in [0.05, 0.1) is 10.5 Å². The standard InChI is InChI=1S/C22H29N3O3S/c1-22(2)17-25(12-13-29(22,26)27)21(23-3)24-15-19-10-7-11-20(14-19)28-16-18-8-5-4-6-9-18/h4-11,14H,12-13,15-17H2,1-3H3,(H,23,24). The highest BCUT2D eigenvalue weighted by Crippen LogP contribution is 2.24. The fourth-order valence-corrected chi connectivity index (χ4v) is 4.69. The van der Waals surface area contributed by atoms with E-state index in [-0.39, 0.29) is 5.75 Å². The Bertz CT molecular complexity index is 956. The van der Waals surface area contributed by atoms with Gasteiger partial charge in [0.1, 0.15) is 12.4 Å². The lowest BCUT2D eigenvalue weighted by Crippen LogP contribution is -2.57. The molecule has 3 rings (SSSR count). The van der Waals surface area contributed by atoms with Crippen LogP contribution < -0.4 is 10.1 Å². The topological polar surface area (TPSA) is 71.0 Å². The average Bonchev–Trinajstić information content (AvgIpc) is 2.70. The van der Waals surface area contributed by atoms with E-state index in [9.17, 15) is 8.42 Å². The minimum atomic E-state index is -3.08. The fourth-order valence-electron chi connectivity index (χ4n) is 3.32. The van der Waals surface area contributed by atoms with Crippen LogP contribution in [0.2, 0.25) is 0 Å². The SMILES string of the molecule is CN=C(NCc1cccc(OCc2ccccc2)c1)N1CCS(=O)(=O)C(C)(C)C1. The third kappa shape index (κ3) is 5.29. The number of rotatable bonds is 5. The Balaban J connectivity index is 1.59. The summed E-state index contributed by atoms with van der Waals surface area (Å²) < 4.78 is 29.6. The lowest BCUT2D eigenvalue weighted by atomic mass is 10.2. The van der Waals surface area contributed by atoms with Crippen LogP contribution in [0.3, 0.4) is 0 Å². The van der Waals surface area contributed by atoms with Crippen molar-refractivity contribution in [2.45, 2.75) is 31.7 Å². The van der Waals surface area contributed by atoms with Crippen molar-refractivity contribution in [2.24, 2.45) is 4.99 Å². The van der Waals surface area contributed by atoms with Gasteiger partial charge in [0, 0.05) is 26.7 Å². The number of sulfone groups is 1. The van der Waals surface area contributed by atoms with Gasteiger partial charge < -0.3 is 15.0 Å². The number of hydrogen-bond donors (Lipinski definition) is 1. The molecule has 0 unspecified atom stereocenters. The van der Waals surface area contributed by atoms with Gasteiger partial charge in [-0.1, -0.05) is 42.5 Å². The molecule has 0 aromatic heterocycles. The van der Waals surface area contributed by atoms with E-state index in [2.05, 4.69) is 10.3 Å². The van der Waals surface area contributed by atoms with Crippen molar-refractivity contribution in [3.05, 3.63) is 65.7 Å². The molecule has 0 atom stereocenters. The molecule has 0 amide bonds. The third-order valence-electron chi connectivity index (χ3n) is 5.15. The number of ether oxygens (including phenoxy) is 1. The first-order chi connectivity index (χ1) is 13.8. The first-order valence-corrected chi connectivity index (χ1v) is 11.4. The van der Waals surface area contributed by atoms with Gasteiger partial charge in [-0.15, -0.1) is 0 Å². The van der Waals surface area contributed by atoms with Gasteiger partial charge in [-0.3, -0.25) is 4.99 Å². The van der Waals surface area contributed by atoms with Crippen molar-refractivity contribution >= 4 is 15.8 Å². The number of nitrogens with zero attached hydrogens (tertiary/aromatic N) is 2. The molecule has 29 heavy (non-hydrogen) atoms. The number of nitrogens with one attached hydrogen (secondary N) is 1. The molecule has 2 aromatic rings. The molecule has 156 valence electrons. The maximum Gasteiger partial charge on any atom is 0.193 e. The molecule has 1 saturated heterocycles. The minimum Gasteiger partial charge on any atom is -0.489 e. The number of aliphatic imine (C=N–C) groups is 1. The molecule has 1 heterocycles. The quantitative estimate of drug-likeness (QED) is 0.601. The highest BCUT2D eigenvalue weighted by molar-refractivity contribution is 7.92. The van der Waals surface area contributed by atoms with Crippen molar-refractivity contribution in [1.29, 1.82) is 0 Å². The van der Waals surface area contributed by atoms with Crippen LogP contribution in [0.15, 0.2) is 59.6 Å². The van der Waals surface area contributed by atoms with E-state index >= 15 is 0 Å². The van der Waals surface area contributed by atoms with E-state index in [4.69, 9.17) is 4.74 Å². The average molecular weight is 416 g/mol. The van der Waals surface area contributed by atoms with Crippen molar-refractivity contribution in [3.63, 3.8) is 0 Å². The van der Waals surface area contributed by atoms with Crippen LogP contribution in [0, 0.1) is 0 Å². The maximum absolute atomic E-state index is 12.2. The molecule has 0 radical (unpaired) electrons. The maximum atomic E-state index is 12.2. The largest absolute Gasteiger partial charge is 0.489 e. The Morgan fingerprint density at radius 3 is 2.55 bits per heavy atom. The summed E-state index contributed by atoms with van der Waals surface area (Å²) in [7, 11) is -1.36. The van der Waals surface area contributed by atoms with Crippen LogP contribution in [0.4, 0.5) is 0 Å². The second kappa shape index (κ2) is 8.86. The summed E-state index contributed by atoms with van der Waals surface area (Å²) in [4.78, 5) is 6.35. The van der Waals surface area contributed by atoms with Crippen molar-refractivity contribution in [3.8, 4) is 5.75 Å². The van der Waals surface area contributed by atoms with Crippen molar-refractivity contribution < 1.29 is 13.2 Å². The fraction of sp³-hybridized carbons (Fsp3) is 0.409. The van der Waals surface area contributed by atoms with Crippen LogP contribution in [-0.2, 0) is 23.0 Å². The highest BCUT2D eigenvalue weighted by Gasteiger charge is 2.40. The molecule has 0 aliphatic carbocycles. The van der Waals surface area contributed by atoms with Gasteiger partial charge in [-0.25, -0.2) is 8.42 Å². The summed E-state index contributed by atoms with van der Waals surface area (Å²) in [6.07, 6.45) is 0. The molecule has 7 heteroatoms. The van der Waals surface area contributed by atoms with E-state index in [0.29, 0.717) is 32.2 Å². The predicted molar refractivity (Wildman–Crippen MR) is 117 cm³/mol. The molecular formula is C22H29N3O3S. The molecule has 1 fully saturated rings. The van der Waals surface area contributed by atoms with E-state index in [1.54, 1.807) is 20.9 Å². The van der Waals surface area contributed by atoms with Crippen LogP contribution in [0.5, 0.6) is 5.75 Å². The predicted octanol–water partition coefficient (Wildman–Crippen LogP) is 2.85. The van der Waals surface area contributed by atoms with Gasteiger partial charge >= 0.3 is 0 Å². The molecule has 0 spiro atoms. The first-order valence-electron chi connectivity index (χ1n) is 9.74. The highest BCUT2D eigenvalue weighted by atomic mass is 32.2. The third-order valence-corrected chi connectivity index (χ3v) is 7.69. The second-order valence-corrected chi connectivity index (χ2v) is 10.6. The molecule has 1 aliphatic heterocycles. The summed E-state index contributed by atoms with van der Waals surface area (Å²) >= 11 is 0. The molecule has 0 bridgehead atoms. The summed E-state index contributed by atoms with van der Waals surface area (Å²) in [5.74, 6) is 1.67. The first kappa shape index (κ1) is 21.2. The smallest absolute Gasteiger partial charge is 0.193 e. The number of hydrogen-bond acceptors (Lipinski definition) is 4. The summed E-state index contributed by atoms with van der Waals surface area (Å²) in [6.45, 7) is 5.53. The van der Waals surface area contributed by atoms with Gasteiger partial charge in [-0.05, 0) is 37.1 Å². The van der Waals surface area contributed by atoms with E-state index in [0.717, 1.165) is 16.9 Å². The lowest BCUT2D eigenvalue weighted by molar-refractivity contribution is 0.306. The van der Waals surface area contributed by atoms with Crippen LogP contribution in [-0.4, -0.2) is 49.9 Å². The number of guanidine groups is 1. The van der Waals surface area contributed by atoms with Crippen LogP contribution in [0.1, 0.15) is 25.0 Å². The van der Waals surface area contributed by atoms with E-state index < -0.39 is 14.6 Å². The Labute approximate surface area is 173 Å². The van der Waals surface area contributed by atoms with Crippen molar-refractivity contribution in [1.82, 2.24) is 10.2 Å². The summed E-state index contributed by atoms with van der Waals surface area (Å²) in [5, 5.41) is 3.35. The zero-order chi connectivity index (χ0) is 20.9. The van der Waals surface area contributed by atoms with Gasteiger partial charge in [-0.2, -0.15) is 0 Å². The molecular weight excluding hydrogens is 386 g/mol. The number of benzene rings is 2. The molecule has 6 nitrogen and oxygen atoms in total. The summed E-state index contributed by atoms with van der Waals surface area (Å²) in [5.41, 5.74) is 2.19. The van der Waals surface area contributed by atoms with Gasteiger partial charge in [0.2, 0.25) is 0 Å². The van der Waals surface area contributed by atoms with Crippen molar-refractivity contribution in [2.75, 3.05) is 25.9 Å². The summed E-state index contributed by atoms with van der Waals surface area (Å²) in [6, 6.07) is 18.0. The van der Waals surface area contributed by atoms with Crippen LogP contribution >= 0.6 is 0 Å².